The Morgan fingerprint density at radius 1 is 1.28 bits per heavy atom. The van der Waals surface area contributed by atoms with Gasteiger partial charge in [-0.15, -0.1) is 0 Å². The van der Waals surface area contributed by atoms with Crippen molar-refractivity contribution in [1.29, 1.82) is 0 Å². The van der Waals surface area contributed by atoms with Crippen LogP contribution in [0.15, 0.2) is 11.6 Å². The molecule has 1 N–H and O–H groups in total. The molecule has 3 aliphatic heterocycles. The highest BCUT2D eigenvalue weighted by Gasteiger charge is 2.85. The van der Waals surface area contributed by atoms with E-state index >= 15 is 0 Å². The minimum Gasteiger partial charge on any atom is -0.457 e. The molecule has 0 radical (unpaired) electrons. The molecule has 0 unspecified atom stereocenters. The normalized spacial score (nSPS) is 41.4. The second kappa shape index (κ2) is 4.42. The van der Waals surface area contributed by atoms with Crippen molar-refractivity contribution in [1.82, 2.24) is 5.32 Å². The molecular formula is C17H19NO7. The molecule has 0 bridgehead atoms. The lowest BCUT2D eigenvalue weighted by atomic mass is 9.56. The maximum atomic E-state index is 12.8. The number of hydrogen-bond donors (Lipinski definition) is 1. The molecule has 1 amide bonds. The summed E-state index contributed by atoms with van der Waals surface area (Å²) in [6.07, 6.45) is -1.57. The molecule has 5 atom stereocenters. The Balaban J connectivity index is 2.01. The molecule has 3 fully saturated rings. The second-order valence-corrected chi connectivity index (χ2v) is 8.04. The lowest BCUT2D eigenvalue weighted by Crippen LogP contribution is -2.55. The molecule has 0 aromatic carbocycles. The largest absolute Gasteiger partial charge is 0.457 e. The molecule has 3 saturated heterocycles. The monoisotopic (exact) mass is 349 g/mol. The number of amides is 1. The molecule has 4 aliphatic rings. The molecule has 2 spiro atoms. The van der Waals surface area contributed by atoms with Gasteiger partial charge in [0.1, 0.15) is 16.9 Å². The van der Waals surface area contributed by atoms with E-state index < -0.39 is 58.5 Å². The number of carbonyl (C=O) groups excluding carboxylic acids is 4. The van der Waals surface area contributed by atoms with Gasteiger partial charge in [-0.25, -0.2) is 0 Å². The highest BCUT2D eigenvalue weighted by molar-refractivity contribution is 5.98. The van der Waals surface area contributed by atoms with Gasteiger partial charge in [-0.05, 0) is 17.1 Å². The first-order valence-corrected chi connectivity index (χ1v) is 8.16. The van der Waals surface area contributed by atoms with Crippen LogP contribution in [0.25, 0.3) is 0 Å². The van der Waals surface area contributed by atoms with Crippen LogP contribution in [0, 0.1) is 16.2 Å². The van der Waals surface area contributed by atoms with E-state index in [0.717, 1.165) is 5.57 Å². The van der Waals surface area contributed by atoms with E-state index in [9.17, 15) is 19.2 Å². The van der Waals surface area contributed by atoms with Gasteiger partial charge in [0.05, 0.1) is 6.42 Å². The number of nitrogens with one attached hydrogen (secondary N) is 1. The summed E-state index contributed by atoms with van der Waals surface area (Å²) in [5.41, 5.74) is -2.43. The van der Waals surface area contributed by atoms with Crippen LogP contribution in [0.2, 0.25) is 0 Å². The Morgan fingerprint density at radius 3 is 2.56 bits per heavy atom. The fourth-order valence-electron chi connectivity index (χ4n) is 4.99. The molecule has 4 rings (SSSR count). The number of hydrogen-bond acceptors (Lipinski definition) is 7. The number of esters is 3. The molecule has 0 saturated carbocycles. The summed E-state index contributed by atoms with van der Waals surface area (Å²) >= 11 is 0. The van der Waals surface area contributed by atoms with Crippen LogP contribution in [-0.4, -0.2) is 42.3 Å². The standard InChI is InChI=1S/C17H19NO7/c1-7(19)23-11-12(21)18-13-17(11)8(15(2,3)4)5-9-16(17,14(22)25-13)6-10(20)24-9/h5,9,11,13H,6H2,1-4H3,(H,18,21)/t9-,11-,13-,16-,17-/m0/s1. The van der Waals surface area contributed by atoms with Crippen molar-refractivity contribution >= 4 is 23.8 Å². The number of rotatable bonds is 1. The van der Waals surface area contributed by atoms with Crippen molar-refractivity contribution in [3.8, 4) is 0 Å². The zero-order chi connectivity index (χ0) is 18.4. The van der Waals surface area contributed by atoms with Gasteiger partial charge in [-0.2, -0.15) is 0 Å². The summed E-state index contributed by atoms with van der Waals surface area (Å²) in [4.78, 5) is 49.1. The molecular weight excluding hydrogens is 330 g/mol. The second-order valence-electron chi connectivity index (χ2n) is 8.04. The van der Waals surface area contributed by atoms with Crippen molar-refractivity contribution in [2.24, 2.45) is 16.2 Å². The maximum Gasteiger partial charge on any atom is 0.320 e. The first-order valence-electron chi connectivity index (χ1n) is 8.16. The fourth-order valence-corrected chi connectivity index (χ4v) is 4.99. The topological polar surface area (TPSA) is 108 Å². The number of carbonyl (C=O) groups is 4. The SMILES string of the molecule is CC(=O)O[C@H]1C(=O)N[C@H]2OC(=O)[C@]34CC(=O)O[C@H]3C=C(C(C)(C)C)[C@@]214. The summed E-state index contributed by atoms with van der Waals surface area (Å²) in [5.74, 6) is -2.33. The zero-order valence-corrected chi connectivity index (χ0v) is 14.4. The molecule has 134 valence electrons. The van der Waals surface area contributed by atoms with Crippen molar-refractivity contribution in [2.75, 3.05) is 0 Å². The summed E-state index contributed by atoms with van der Waals surface area (Å²) in [6.45, 7) is 6.98. The Labute approximate surface area is 143 Å². The van der Waals surface area contributed by atoms with E-state index in [0.29, 0.717) is 0 Å². The van der Waals surface area contributed by atoms with E-state index in [2.05, 4.69) is 5.32 Å². The Morgan fingerprint density at radius 2 is 1.96 bits per heavy atom. The van der Waals surface area contributed by atoms with Crippen molar-refractivity contribution in [2.45, 2.75) is 52.6 Å². The Bertz CT molecular complexity index is 763. The molecule has 0 aromatic heterocycles. The third kappa shape index (κ3) is 1.62. The maximum absolute atomic E-state index is 12.8. The van der Waals surface area contributed by atoms with Crippen molar-refractivity contribution in [3.05, 3.63) is 11.6 Å². The van der Waals surface area contributed by atoms with Crippen molar-refractivity contribution < 1.29 is 33.4 Å². The smallest absolute Gasteiger partial charge is 0.320 e. The predicted octanol–water partition coefficient (Wildman–Crippen LogP) is 0.205. The van der Waals surface area contributed by atoms with Gasteiger partial charge < -0.3 is 19.5 Å². The minimum atomic E-state index is -1.39. The highest BCUT2D eigenvalue weighted by Crippen LogP contribution is 2.71. The van der Waals surface area contributed by atoms with Gasteiger partial charge in [0, 0.05) is 6.92 Å². The Hall–Kier alpha value is -2.38. The molecule has 3 heterocycles. The van der Waals surface area contributed by atoms with Crippen LogP contribution < -0.4 is 5.32 Å². The van der Waals surface area contributed by atoms with Crippen LogP contribution in [0.1, 0.15) is 34.1 Å². The molecule has 1 aliphatic carbocycles. The quantitative estimate of drug-likeness (QED) is 0.409. The van der Waals surface area contributed by atoms with Crippen LogP contribution in [-0.2, 0) is 33.4 Å². The highest BCUT2D eigenvalue weighted by atomic mass is 16.6. The van der Waals surface area contributed by atoms with Gasteiger partial charge in [0.15, 0.2) is 12.3 Å². The van der Waals surface area contributed by atoms with Crippen LogP contribution in [0.4, 0.5) is 0 Å². The molecule has 25 heavy (non-hydrogen) atoms. The van der Waals surface area contributed by atoms with Crippen LogP contribution in [0.5, 0.6) is 0 Å². The zero-order valence-electron chi connectivity index (χ0n) is 14.4. The predicted molar refractivity (Wildman–Crippen MR) is 80.5 cm³/mol. The van der Waals surface area contributed by atoms with Gasteiger partial charge in [-0.1, -0.05) is 20.8 Å². The van der Waals surface area contributed by atoms with Crippen molar-refractivity contribution in [3.63, 3.8) is 0 Å². The van der Waals surface area contributed by atoms with Gasteiger partial charge in [-0.3, -0.25) is 19.2 Å². The van der Waals surface area contributed by atoms with E-state index in [1.807, 2.05) is 20.8 Å². The first kappa shape index (κ1) is 16.1. The third-order valence-electron chi connectivity index (χ3n) is 5.69. The molecule has 8 heteroatoms. The van der Waals surface area contributed by atoms with E-state index in [1.165, 1.54) is 6.92 Å². The summed E-state index contributed by atoms with van der Waals surface area (Å²) in [6, 6.07) is 0. The molecule has 8 nitrogen and oxygen atoms in total. The Kier molecular flexibility index (Phi) is 2.85. The number of ether oxygens (including phenoxy) is 3. The van der Waals surface area contributed by atoms with E-state index in [1.54, 1.807) is 6.08 Å². The summed E-state index contributed by atoms with van der Waals surface area (Å²) in [7, 11) is 0. The molecule has 0 aromatic rings. The lowest BCUT2D eigenvalue weighted by Gasteiger charge is -2.42. The minimum absolute atomic E-state index is 0.212. The van der Waals surface area contributed by atoms with Gasteiger partial charge in [0.25, 0.3) is 5.91 Å². The van der Waals surface area contributed by atoms with E-state index in [-0.39, 0.29) is 6.42 Å². The first-order chi connectivity index (χ1) is 11.5. The third-order valence-corrected chi connectivity index (χ3v) is 5.69. The average molecular weight is 349 g/mol. The summed E-state index contributed by atoms with van der Waals surface area (Å²) < 4.78 is 16.2. The lowest BCUT2D eigenvalue weighted by molar-refractivity contribution is -0.164. The average Bonchev–Trinajstić information content (AvgIpc) is 3.07. The van der Waals surface area contributed by atoms with Crippen LogP contribution in [0.3, 0.4) is 0 Å². The fraction of sp³-hybridized carbons (Fsp3) is 0.647. The van der Waals surface area contributed by atoms with Gasteiger partial charge in [0.2, 0.25) is 0 Å². The van der Waals surface area contributed by atoms with E-state index in [4.69, 9.17) is 14.2 Å². The van der Waals surface area contributed by atoms with Crippen LogP contribution >= 0.6 is 0 Å². The summed E-state index contributed by atoms with van der Waals surface area (Å²) in [5, 5.41) is 2.62. The van der Waals surface area contributed by atoms with Gasteiger partial charge >= 0.3 is 17.9 Å².